The summed E-state index contributed by atoms with van der Waals surface area (Å²) in [5, 5.41) is 6.79. The number of nitrogens with one attached hydrogen (secondary N) is 2. The van der Waals surface area contributed by atoms with Gasteiger partial charge < -0.3 is 10.6 Å². The lowest BCUT2D eigenvalue weighted by Crippen LogP contribution is -2.64. The van der Waals surface area contributed by atoms with Gasteiger partial charge in [-0.15, -0.1) is 0 Å². The third-order valence-electron chi connectivity index (χ3n) is 6.32. The van der Waals surface area contributed by atoms with Crippen molar-refractivity contribution in [2.24, 2.45) is 0 Å². The summed E-state index contributed by atoms with van der Waals surface area (Å²) in [6.07, 6.45) is 1.60. The second-order valence-corrected chi connectivity index (χ2v) is 8.51. The molecular weight excluding hydrogens is 346 g/mol. The first kappa shape index (κ1) is 19.2. The fraction of sp³-hybridized carbons (Fsp3) is 0.458. The van der Waals surface area contributed by atoms with Crippen LogP contribution >= 0.6 is 0 Å². The fourth-order valence-electron chi connectivity index (χ4n) is 4.89. The zero-order chi connectivity index (χ0) is 19.7. The van der Waals surface area contributed by atoms with E-state index >= 15 is 0 Å². The minimum Gasteiger partial charge on any atom is -0.348 e. The number of carbonyl (C=O) groups is 1. The van der Waals surface area contributed by atoms with Gasteiger partial charge >= 0.3 is 0 Å². The summed E-state index contributed by atoms with van der Waals surface area (Å²) in [6, 6.07) is 15.1. The van der Waals surface area contributed by atoms with Crippen molar-refractivity contribution >= 4 is 5.91 Å². The summed E-state index contributed by atoms with van der Waals surface area (Å²) in [7, 11) is 0. The maximum Gasteiger partial charge on any atom is 0.241 e. The van der Waals surface area contributed by atoms with E-state index in [0.29, 0.717) is 0 Å². The highest BCUT2D eigenvalue weighted by atomic mass is 16.2. The van der Waals surface area contributed by atoms with E-state index in [2.05, 4.69) is 78.8 Å². The minimum absolute atomic E-state index is 0.00500. The Hall–Kier alpha value is -2.17. The van der Waals surface area contributed by atoms with Gasteiger partial charge in [0.15, 0.2) is 0 Å². The lowest BCUT2D eigenvalue weighted by atomic mass is 9.90. The zero-order valence-corrected chi connectivity index (χ0v) is 17.2. The Labute approximate surface area is 168 Å². The van der Waals surface area contributed by atoms with Crippen molar-refractivity contribution in [1.29, 1.82) is 0 Å². The van der Waals surface area contributed by atoms with Crippen LogP contribution in [0, 0.1) is 13.8 Å². The minimum atomic E-state index is -0.473. The predicted octanol–water partition coefficient (Wildman–Crippen LogP) is 2.92. The molecule has 2 aromatic rings. The quantitative estimate of drug-likeness (QED) is 0.861. The summed E-state index contributed by atoms with van der Waals surface area (Å²) in [5.74, 6) is 0.164. The van der Waals surface area contributed by atoms with Crippen molar-refractivity contribution in [2.75, 3.05) is 26.2 Å². The molecule has 28 heavy (non-hydrogen) atoms. The van der Waals surface area contributed by atoms with E-state index in [0.717, 1.165) is 39.0 Å². The van der Waals surface area contributed by atoms with Gasteiger partial charge in [-0.2, -0.15) is 0 Å². The van der Waals surface area contributed by atoms with Gasteiger partial charge in [-0.25, -0.2) is 0 Å². The van der Waals surface area contributed by atoms with E-state index in [1.165, 1.54) is 27.8 Å². The number of hydrogen-bond donors (Lipinski definition) is 2. The number of amides is 1. The maximum absolute atomic E-state index is 13.7. The van der Waals surface area contributed by atoms with Crippen LogP contribution in [0.25, 0.3) is 0 Å². The smallest absolute Gasteiger partial charge is 0.241 e. The van der Waals surface area contributed by atoms with Gasteiger partial charge in [0, 0.05) is 39.0 Å². The second kappa shape index (κ2) is 7.69. The van der Waals surface area contributed by atoms with Crippen molar-refractivity contribution in [2.45, 2.75) is 45.2 Å². The predicted molar refractivity (Wildman–Crippen MR) is 113 cm³/mol. The molecule has 0 radical (unpaired) electrons. The maximum atomic E-state index is 13.7. The van der Waals surface area contributed by atoms with Crippen molar-refractivity contribution in [3.8, 4) is 0 Å². The van der Waals surface area contributed by atoms with Crippen molar-refractivity contribution in [3.63, 3.8) is 0 Å². The molecule has 1 saturated heterocycles. The number of aryl methyl sites for hydroxylation is 2. The number of carbonyl (C=O) groups excluding carboxylic acids is 1. The molecule has 0 bridgehead atoms. The molecule has 1 aliphatic carbocycles. The van der Waals surface area contributed by atoms with Crippen LogP contribution in [0.4, 0.5) is 0 Å². The molecular formula is C24H31N3O. The first-order chi connectivity index (χ1) is 13.5. The summed E-state index contributed by atoms with van der Waals surface area (Å²) < 4.78 is 0. The molecule has 4 nitrogen and oxygen atoms in total. The summed E-state index contributed by atoms with van der Waals surface area (Å²) in [6.45, 7) is 10.0. The van der Waals surface area contributed by atoms with E-state index in [4.69, 9.17) is 0 Å². The lowest BCUT2D eigenvalue weighted by molar-refractivity contribution is -0.134. The number of rotatable bonds is 4. The molecule has 0 saturated carbocycles. The standard InChI is InChI=1S/C24H31N3O/c1-17-12-18(2)14-22(13-17)19(3)26-23(28)24(27-10-8-25-9-11-27)15-20-6-4-5-7-21(20)16-24/h4-7,12-14,19,25H,8-11,15-16H2,1-3H3,(H,26,28)/t19-/m0/s1. The average molecular weight is 378 g/mol. The highest BCUT2D eigenvalue weighted by Crippen LogP contribution is 2.36. The summed E-state index contributed by atoms with van der Waals surface area (Å²) in [4.78, 5) is 16.1. The topological polar surface area (TPSA) is 44.4 Å². The second-order valence-electron chi connectivity index (χ2n) is 8.51. The van der Waals surface area contributed by atoms with Crippen LogP contribution in [-0.2, 0) is 17.6 Å². The molecule has 1 aliphatic heterocycles. The molecule has 2 aliphatic rings. The lowest BCUT2D eigenvalue weighted by Gasteiger charge is -2.43. The van der Waals surface area contributed by atoms with Crippen LogP contribution in [0.2, 0.25) is 0 Å². The van der Waals surface area contributed by atoms with E-state index < -0.39 is 5.54 Å². The molecule has 1 atom stereocenters. The van der Waals surface area contributed by atoms with Crippen LogP contribution in [-0.4, -0.2) is 42.5 Å². The first-order valence-corrected chi connectivity index (χ1v) is 10.4. The number of piperazine rings is 1. The van der Waals surface area contributed by atoms with Crippen molar-refractivity contribution in [1.82, 2.24) is 15.5 Å². The first-order valence-electron chi connectivity index (χ1n) is 10.4. The highest BCUT2D eigenvalue weighted by molar-refractivity contribution is 5.88. The molecule has 1 amide bonds. The molecule has 4 heteroatoms. The highest BCUT2D eigenvalue weighted by Gasteiger charge is 2.48. The number of benzene rings is 2. The van der Waals surface area contributed by atoms with Crippen molar-refractivity contribution < 1.29 is 4.79 Å². The monoisotopic (exact) mass is 377 g/mol. The van der Waals surface area contributed by atoms with Crippen LogP contribution < -0.4 is 10.6 Å². The Morgan fingerprint density at radius 1 is 1.04 bits per heavy atom. The van der Waals surface area contributed by atoms with E-state index in [1.54, 1.807) is 0 Å². The molecule has 2 N–H and O–H groups in total. The summed E-state index contributed by atoms with van der Waals surface area (Å²) in [5.41, 5.74) is 5.81. The van der Waals surface area contributed by atoms with Gasteiger partial charge in [0.2, 0.25) is 5.91 Å². The van der Waals surface area contributed by atoms with Gasteiger partial charge in [-0.3, -0.25) is 9.69 Å². The van der Waals surface area contributed by atoms with Gasteiger partial charge in [0.05, 0.1) is 6.04 Å². The van der Waals surface area contributed by atoms with Crippen LogP contribution in [0.1, 0.15) is 40.8 Å². The van der Waals surface area contributed by atoms with Crippen LogP contribution in [0.3, 0.4) is 0 Å². The fourth-order valence-corrected chi connectivity index (χ4v) is 4.89. The van der Waals surface area contributed by atoms with E-state index in [1.807, 2.05) is 0 Å². The third-order valence-corrected chi connectivity index (χ3v) is 6.32. The SMILES string of the molecule is Cc1cc(C)cc([C@H](C)NC(=O)C2(N3CCNCC3)Cc3ccccc3C2)c1. The van der Waals surface area contributed by atoms with Gasteiger partial charge in [-0.05, 0) is 37.5 Å². The normalized spacial score (nSPS) is 19.8. The Bertz CT molecular complexity index is 825. The largest absolute Gasteiger partial charge is 0.348 e. The van der Waals surface area contributed by atoms with E-state index in [9.17, 15) is 4.79 Å². The molecule has 1 fully saturated rings. The van der Waals surface area contributed by atoms with Crippen LogP contribution in [0.15, 0.2) is 42.5 Å². The molecule has 148 valence electrons. The molecule has 4 rings (SSSR count). The molecule has 0 unspecified atom stereocenters. The molecule has 0 aromatic heterocycles. The number of hydrogen-bond acceptors (Lipinski definition) is 3. The van der Waals surface area contributed by atoms with Crippen molar-refractivity contribution in [3.05, 3.63) is 70.3 Å². The molecule has 0 spiro atoms. The molecule has 2 aromatic carbocycles. The van der Waals surface area contributed by atoms with Gasteiger partial charge in [0.25, 0.3) is 0 Å². The Kier molecular flexibility index (Phi) is 5.26. The number of nitrogens with zero attached hydrogens (tertiary/aromatic N) is 1. The summed E-state index contributed by atoms with van der Waals surface area (Å²) >= 11 is 0. The average Bonchev–Trinajstić information content (AvgIpc) is 3.09. The van der Waals surface area contributed by atoms with E-state index in [-0.39, 0.29) is 11.9 Å². The van der Waals surface area contributed by atoms with Gasteiger partial charge in [-0.1, -0.05) is 53.6 Å². The Morgan fingerprint density at radius 3 is 2.18 bits per heavy atom. The Balaban J connectivity index is 1.61. The van der Waals surface area contributed by atoms with Crippen LogP contribution in [0.5, 0.6) is 0 Å². The molecule has 1 heterocycles. The third kappa shape index (κ3) is 3.59. The number of fused-ring (bicyclic) bond motifs is 1. The zero-order valence-electron chi connectivity index (χ0n) is 17.2. The Morgan fingerprint density at radius 2 is 1.61 bits per heavy atom. The van der Waals surface area contributed by atoms with Gasteiger partial charge in [0.1, 0.15) is 5.54 Å².